The van der Waals surface area contributed by atoms with Gasteiger partial charge in [-0.05, 0) is 12.1 Å². The summed E-state index contributed by atoms with van der Waals surface area (Å²) in [5, 5.41) is 7.66. The van der Waals surface area contributed by atoms with Gasteiger partial charge in [-0.15, -0.1) is 0 Å². The van der Waals surface area contributed by atoms with Crippen LogP contribution in [-0.2, 0) is 17.8 Å². The lowest BCUT2D eigenvalue weighted by atomic mass is 10.0. The molecule has 1 N–H and O–H groups in total. The lowest BCUT2D eigenvalue weighted by molar-refractivity contribution is -0.129. The quantitative estimate of drug-likeness (QED) is 0.862. The highest BCUT2D eigenvalue weighted by Gasteiger charge is 2.24. The molecule has 7 heteroatoms. The molecule has 0 bridgehead atoms. The molecule has 0 unspecified atom stereocenters. The summed E-state index contributed by atoms with van der Waals surface area (Å²) in [6.45, 7) is 2.83. The van der Waals surface area contributed by atoms with Gasteiger partial charge in [-0.25, -0.2) is 4.98 Å². The first kappa shape index (κ1) is 13.9. The first-order valence-electron chi connectivity index (χ1n) is 6.62. The Morgan fingerprint density at radius 3 is 2.95 bits per heavy atom. The number of carbonyl (C=O) groups is 1. The zero-order chi connectivity index (χ0) is 15.0. The van der Waals surface area contributed by atoms with Crippen molar-refractivity contribution in [1.29, 1.82) is 0 Å². The zero-order valence-electron chi connectivity index (χ0n) is 11.8. The first-order valence-corrected chi connectivity index (χ1v) is 7.00. The van der Waals surface area contributed by atoms with E-state index in [-0.39, 0.29) is 5.91 Å². The number of carbonyl (C=O) groups excluding carboxylic acids is 1. The summed E-state index contributed by atoms with van der Waals surface area (Å²) in [6, 6.07) is 3.57. The fourth-order valence-corrected chi connectivity index (χ4v) is 2.71. The first-order chi connectivity index (χ1) is 10.1. The molecule has 2 aromatic rings. The van der Waals surface area contributed by atoms with E-state index in [2.05, 4.69) is 15.2 Å². The van der Waals surface area contributed by atoms with Crippen molar-refractivity contribution in [1.82, 2.24) is 20.1 Å². The topological polar surface area (TPSA) is 71.1 Å². The highest BCUT2D eigenvalue weighted by molar-refractivity contribution is 6.30. The van der Waals surface area contributed by atoms with Crippen molar-refractivity contribution < 1.29 is 9.53 Å². The maximum Gasteiger partial charge on any atom is 0.219 e. The van der Waals surface area contributed by atoms with Gasteiger partial charge in [0.15, 0.2) is 10.9 Å². The molecule has 0 radical (unpaired) electrons. The van der Waals surface area contributed by atoms with E-state index in [1.54, 1.807) is 25.0 Å². The molecular weight excluding hydrogens is 292 g/mol. The van der Waals surface area contributed by atoms with Crippen molar-refractivity contribution in [2.24, 2.45) is 0 Å². The third-order valence-corrected chi connectivity index (χ3v) is 3.93. The van der Waals surface area contributed by atoms with Gasteiger partial charge in [0, 0.05) is 37.7 Å². The normalized spacial score (nSPS) is 14.0. The third kappa shape index (κ3) is 2.47. The van der Waals surface area contributed by atoms with Crippen LogP contribution in [0, 0.1) is 0 Å². The molecule has 0 aromatic carbocycles. The second-order valence-electron chi connectivity index (χ2n) is 4.91. The standard InChI is InChI=1S/C14H15ClN4O2/c1-8(20)19-6-5-10-9(7-19)13(18-17-10)11-3-4-12(21-2)14(15)16-11/h3-4H,5-7H2,1-2H3,(H,17,18). The molecule has 0 saturated carbocycles. The molecule has 1 aliphatic rings. The van der Waals surface area contributed by atoms with E-state index in [0.29, 0.717) is 29.7 Å². The van der Waals surface area contributed by atoms with Gasteiger partial charge in [0.05, 0.1) is 12.8 Å². The minimum atomic E-state index is 0.0634. The molecule has 1 aliphatic heterocycles. The van der Waals surface area contributed by atoms with Gasteiger partial charge in [-0.1, -0.05) is 11.6 Å². The number of aromatic amines is 1. The summed E-state index contributed by atoms with van der Waals surface area (Å²) in [6.07, 6.45) is 0.770. The van der Waals surface area contributed by atoms with Crippen LogP contribution in [0.1, 0.15) is 18.2 Å². The molecular formula is C14H15ClN4O2. The SMILES string of the molecule is COc1ccc(-c2n[nH]c3c2CN(C(C)=O)CC3)nc1Cl. The van der Waals surface area contributed by atoms with Crippen LogP contribution in [0.3, 0.4) is 0 Å². The van der Waals surface area contributed by atoms with Gasteiger partial charge in [-0.3, -0.25) is 9.89 Å². The van der Waals surface area contributed by atoms with E-state index in [1.165, 1.54) is 0 Å². The van der Waals surface area contributed by atoms with E-state index in [1.807, 2.05) is 6.07 Å². The van der Waals surface area contributed by atoms with Crippen molar-refractivity contribution in [3.8, 4) is 17.1 Å². The second kappa shape index (κ2) is 5.37. The van der Waals surface area contributed by atoms with Crippen molar-refractivity contribution in [2.45, 2.75) is 19.9 Å². The minimum absolute atomic E-state index is 0.0634. The number of nitrogens with zero attached hydrogens (tertiary/aromatic N) is 3. The predicted octanol–water partition coefficient (Wildman–Crippen LogP) is 2.04. The van der Waals surface area contributed by atoms with Crippen LogP contribution in [0.4, 0.5) is 0 Å². The van der Waals surface area contributed by atoms with Crippen LogP contribution >= 0.6 is 11.6 Å². The molecule has 2 aromatic heterocycles. The molecule has 0 atom stereocenters. The van der Waals surface area contributed by atoms with Crippen LogP contribution in [0.25, 0.3) is 11.4 Å². The van der Waals surface area contributed by atoms with Crippen LogP contribution in [-0.4, -0.2) is 39.6 Å². The van der Waals surface area contributed by atoms with Crippen molar-refractivity contribution in [2.75, 3.05) is 13.7 Å². The maximum atomic E-state index is 11.6. The molecule has 0 spiro atoms. The molecule has 3 heterocycles. The van der Waals surface area contributed by atoms with Gasteiger partial charge < -0.3 is 9.64 Å². The van der Waals surface area contributed by atoms with E-state index < -0.39 is 0 Å². The number of H-pyrrole nitrogens is 1. The predicted molar refractivity (Wildman–Crippen MR) is 78.2 cm³/mol. The van der Waals surface area contributed by atoms with Crippen LogP contribution in [0.5, 0.6) is 5.75 Å². The highest BCUT2D eigenvalue weighted by atomic mass is 35.5. The van der Waals surface area contributed by atoms with Crippen LogP contribution < -0.4 is 4.74 Å². The summed E-state index contributed by atoms with van der Waals surface area (Å²) >= 11 is 6.07. The Balaban J connectivity index is 1.99. The lowest BCUT2D eigenvalue weighted by Gasteiger charge is -2.25. The van der Waals surface area contributed by atoms with Gasteiger partial charge in [0.2, 0.25) is 5.91 Å². The van der Waals surface area contributed by atoms with E-state index in [0.717, 1.165) is 23.4 Å². The third-order valence-electron chi connectivity index (χ3n) is 3.66. The van der Waals surface area contributed by atoms with E-state index in [9.17, 15) is 4.79 Å². The number of hydrogen-bond donors (Lipinski definition) is 1. The number of hydrogen-bond acceptors (Lipinski definition) is 4. The number of rotatable bonds is 2. The monoisotopic (exact) mass is 306 g/mol. The Labute approximate surface area is 127 Å². The number of ether oxygens (including phenoxy) is 1. The second-order valence-corrected chi connectivity index (χ2v) is 5.27. The Hall–Kier alpha value is -2.08. The average Bonchev–Trinajstić information content (AvgIpc) is 2.90. The highest BCUT2D eigenvalue weighted by Crippen LogP contribution is 2.30. The van der Waals surface area contributed by atoms with Gasteiger partial charge >= 0.3 is 0 Å². The number of nitrogens with one attached hydrogen (secondary N) is 1. The van der Waals surface area contributed by atoms with E-state index in [4.69, 9.17) is 16.3 Å². The summed E-state index contributed by atoms with van der Waals surface area (Å²) in [4.78, 5) is 17.7. The maximum absolute atomic E-state index is 11.6. The van der Waals surface area contributed by atoms with Crippen LogP contribution in [0.15, 0.2) is 12.1 Å². The zero-order valence-corrected chi connectivity index (χ0v) is 12.6. The van der Waals surface area contributed by atoms with E-state index >= 15 is 0 Å². The fourth-order valence-electron chi connectivity index (χ4n) is 2.48. The molecule has 0 saturated heterocycles. The molecule has 1 amide bonds. The molecule has 0 fully saturated rings. The molecule has 21 heavy (non-hydrogen) atoms. The summed E-state index contributed by atoms with van der Waals surface area (Å²) < 4.78 is 5.10. The van der Waals surface area contributed by atoms with Crippen LogP contribution in [0.2, 0.25) is 5.15 Å². The molecule has 110 valence electrons. The number of amides is 1. The van der Waals surface area contributed by atoms with Gasteiger partial charge in [0.1, 0.15) is 5.69 Å². The molecule has 0 aliphatic carbocycles. The van der Waals surface area contributed by atoms with Crippen molar-refractivity contribution >= 4 is 17.5 Å². The molecule has 3 rings (SSSR count). The number of aromatic nitrogens is 3. The number of methoxy groups -OCH3 is 1. The van der Waals surface area contributed by atoms with Crippen molar-refractivity contribution in [3.05, 3.63) is 28.5 Å². The largest absolute Gasteiger partial charge is 0.494 e. The number of fused-ring (bicyclic) bond motifs is 1. The average molecular weight is 307 g/mol. The van der Waals surface area contributed by atoms with Crippen molar-refractivity contribution in [3.63, 3.8) is 0 Å². The number of pyridine rings is 1. The van der Waals surface area contributed by atoms with Gasteiger partial charge in [0.25, 0.3) is 0 Å². The van der Waals surface area contributed by atoms with Gasteiger partial charge in [-0.2, -0.15) is 5.10 Å². The lowest BCUT2D eigenvalue weighted by Crippen LogP contribution is -2.34. The molecule has 6 nitrogen and oxygen atoms in total. The summed E-state index contributed by atoms with van der Waals surface area (Å²) in [5.41, 5.74) is 3.46. The Morgan fingerprint density at radius 1 is 1.48 bits per heavy atom. The number of halogens is 1. The Morgan fingerprint density at radius 2 is 2.29 bits per heavy atom. The fraction of sp³-hybridized carbons (Fsp3) is 0.357. The summed E-state index contributed by atoms with van der Waals surface area (Å²) in [5.74, 6) is 0.587. The minimum Gasteiger partial charge on any atom is -0.494 e. The Kier molecular flexibility index (Phi) is 3.55. The smallest absolute Gasteiger partial charge is 0.219 e. The Bertz CT molecular complexity index is 698. The summed E-state index contributed by atoms with van der Waals surface area (Å²) in [7, 11) is 1.55.